The number of carbonyl (C=O) groups excluding carboxylic acids is 2. The Balaban J connectivity index is 1.34. The molecular formula is C21H24ClN3O2. The van der Waals surface area contributed by atoms with Crippen LogP contribution in [0.3, 0.4) is 0 Å². The average Bonchev–Trinajstić information content (AvgIpc) is 3.38. The van der Waals surface area contributed by atoms with E-state index in [9.17, 15) is 9.59 Å². The highest BCUT2D eigenvalue weighted by atomic mass is 35.5. The summed E-state index contributed by atoms with van der Waals surface area (Å²) in [5, 5.41) is 1.81. The van der Waals surface area contributed by atoms with Crippen molar-refractivity contribution >= 4 is 34.3 Å². The number of hydrogen-bond acceptors (Lipinski definition) is 2. The van der Waals surface area contributed by atoms with Crippen LogP contribution in [0.25, 0.3) is 10.9 Å². The summed E-state index contributed by atoms with van der Waals surface area (Å²) >= 11 is 6.18. The Morgan fingerprint density at radius 2 is 2.04 bits per heavy atom. The Morgan fingerprint density at radius 3 is 2.85 bits per heavy atom. The van der Waals surface area contributed by atoms with E-state index in [-0.39, 0.29) is 17.7 Å². The van der Waals surface area contributed by atoms with Crippen molar-refractivity contribution in [2.45, 2.75) is 51.1 Å². The number of likely N-dealkylation sites (tertiary alicyclic amines) is 1. The van der Waals surface area contributed by atoms with Crippen molar-refractivity contribution in [1.29, 1.82) is 0 Å². The molecule has 27 heavy (non-hydrogen) atoms. The molecule has 5 rings (SSSR count). The number of H-pyrrole nitrogens is 1. The lowest BCUT2D eigenvalue weighted by Gasteiger charge is -2.30. The molecule has 3 heterocycles. The van der Waals surface area contributed by atoms with Crippen LogP contribution in [0.15, 0.2) is 18.2 Å². The van der Waals surface area contributed by atoms with Crippen LogP contribution in [0.2, 0.25) is 5.02 Å². The molecular weight excluding hydrogens is 362 g/mol. The molecule has 1 N–H and O–H groups in total. The Morgan fingerprint density at radius 1 is 1.22 bits per heavy atom. The zero-order valence-electron chi connectivity index (χ0n) is 15.3. The van der Waals surface area contributed by atoms with Gasteiger partial charge in [-0.05, 0) is 31.0 Å². The number of nitrogens with one attached hydrogen (secondary N) is 1. The second-order valence-corrected chi connectivity index (χ2v) is 8.60. The standard InChI is InChI=1S/C21H24ClN3O2/c22-14-5-6-18-16(10-14)17-12-24(8-7-19(17)23-18)21(27)13-9-20(26)25(11-13)15-3-1-2-4-15/h5-6,10,13,15,23H,1-4,7-9,11-12H2/t13-/m0/s1. The summed E-state index contributed by atoms with van der Waals surface area (Å²) in [6.45, 7) is 1.91. The third-order valence-electron chi connectivity index (χ3n) is 6.52. The lowest BCUT2D eigenvalue weighted by Crippen LogP contribution is -2.41. The van der Waals surface area contributed by atoms with Crippen LogP contribution in [0.4, 0.5) is 0 Å². The van der Waals surface area contributed by atoms with E-state index in [1.54, 1.807) is 0 Å². The molecule has 1 saturated carbocycles. The Kier molecular flexibility index (Phi) is 4.15. The first kappa shape index (κ1) is 17.1. The molecule has 1 atom stereocenters. The van der Waals surface area contributed by atoms with Gasteiger partial charge in [0, 0.05) is 65.7 Å². The second kappa shape index (κ2) is 6.55. The summed E-state index contributed by atoms with van der Waals surface area (Å²) in [6, 6.07) is 6.22. The molecule has 5 nitrogen and oxygen atoms in total. The normalized spacial score (nSPS) is 23.4. The molecule has 2 fully saturated rings. The van der Waals surface area contributed by atoms with Crippen molar-refractivity contribution in [2.24, 2.45) is 5.92 Å². The first-order valence-electron chi connectivity index (χ1n) is 9.97. The summed E-state index contributed by atoms with van der Waals surface area (Å²) in [7, 11) is 0. The van der Waals surface area contributed by atoms with Crippen molar-refractivity contribution in [3.63, 3.8) is 0 Å². The van der Waals surface area contributed by atoms with Crippen molar-refractivity contribution in [3.8, 4) is 0 Å². The fourth-order valence-electron chi connectivity index (χ4n) is 5.10. The molecule has 0 radical (unpaired) electrons. The van der Waals surface area contributed by atoms with E-state index in [2.05, 4.69) is 4.98 Å². The number of rotatable bonds is 2. The van der Waals surface area contributed by atoms with Crippen LogP contribution in [-0.2, 0) is 22.6 Å². The van der Waals surface area contributed by atoms with Crippen LogP contribution in [0.1, 0.15) is 43.4 Å². The third kappa shape index (κ3) is 2.92. The summed E-state index contributed by atoms with van der Waals surface area (Å²) < 4.78 is 0. The maximum atomic E-state index is 13.2. The molecule has 0 spiro atoms. The average molecular weight is 386 g/mol. The number of amides is 2. The van der Waals surface area contributed by atoms with Gasteiger partial charge in [0.05, 0.1) is 5.92 Å². The molecule has 6 heteroatoms. The molecule has 142 valence electrons. The monoisotopic (exact) mass is 385 g/mol. The minimum Gasteiger partial charge on any atom is -0.358 e. The van der Waals surface area contributed by atoms with Crippen LogP contribution in [0, 0.1) is 5.92 Å². The summed E-state index contributed by atoms with van der Waals surface area (Å²) in [4.78, 5) is 33.0. The number of halogens is 1. The van der Waals surface area contributed by atoms with Gasteiger partial charge in [0.25, 0.3) is 0 Å². The number of hydrogen-bond donors (Lipinski definition) is 1. The van der Waals surface area contributed by atoms with Crippen LogP contribution in [-0.4, -0.2) is 45.7 Å². The largest absolute Gasteiger partial charge is 0.358 e. The lowest BCUT2D eigenvalue weighted by molar-refractivity contribution is -0.136. The second-order valence-electron chi connectivity index (χ2n) is 8.17. The van der Waals surface area contributed by atoms with Gasteiger partial charge < -0.3 is 14.8 Å². The Bertz CT molecular complexity index is 916. The zero-order chi connectivity index (χ0) is 18.5. The number of nitrogens with zero attached hydrogens (tertiary/aromatic N) is 2. The van der Waals surface area contributed by atoms with Gasteiger partial charge in [0.2, 0.25) is 11.8 Å². The number of fused-ring (bicyclic) bond motifs is 3. The molecule has 2 aliphatic heterocycles. The number of aromatic amines is 1. The Labute approximate surface area is 163 Å². The van der Waals surface area contributed by atoms with Crippen molar-refractivity contribution < 1.29 is 9.59 Å². The molecule has 2 amide bonds. The fourth-order valence-corrected chi connectivity index (χ4v) is 5.27. The Hall–Kier alpha value is -2.01. The van der Waals surface area contributed by atoms with E-state index in [1.807, 2.05) is 28.0 Å². The van der Waals surface area contributed by atoms with Gasteiger partial charge in [-0.1, -0.05) is 24.4 Å². The zero-order valence-corrected chi connectivity index (χ0v) is 16.1. The summed E-state index contributed by atoms with van der Waals surface area (Å²) in [5.41, 5.74) is 3.44. The topological polar surface area (TPSA) is 56.4 Å². The summed E-state index contributed by atoms with van der Waals surface area (Å²) in [6.07, 6.45) is 5.78. The molecule has 3 aliphatic rings. The first-order valence-corrected chi connectivity index (χ1v) is 10.3. The quantitative estimate of drug-likeness (QED) is 0.860. The molecule has 0 unspecified atom stereocenters. The van der Waals surface area contributed by atoms with Crippen molar-refractivity contribution in [1.82, 2.24) is 14.8 Å². The highest BCUT2D eigenvalue weighted by molar-refractivity contribution is 6.31. The molecule has 1 saturated heterocycles. The van der Waals surface area contributed by atoms with E-state index in [0.29, 0.717) is 37.1 Å². The van der Waals surface area contributed by atoms with Gasteiger partial charge in [0.1, 0.15) is 0 Å². The number of carbonyl (C=O) groups is 2. The van der Waals surface area contributed by atoms with Gasteiger partial charge in [-0.15, -0.1) is 0 Å². The molecule has 1 aromatic carbocycles. The van der Waals surface area contributed by atoms with Gasteiger partial charge in [0.15, 0.2) is 0 Å². The maximum absolute atomic E-state index is 13.2. The minimum absolute atomic E-state index is 0.130. The van der Waals surface area contributed by atoms with E-state index in [4.69, 9.17) is 11.6 Å². The van der Waals surface area contributed by atoms with Gasteiger partial charge in [-0.3, -0.25) is 9.59 Å². The maximum Gasteiger partial charge on any atom is 0.228 e. The highest BCUT2D eigenvalue weighted by Crippen LogP contribution is 2.33. The molecule has 2 aromatic rings. The first-order chi connectivity index (χ1) is 13.1. The third-order valence-corrected chi connectivity index (χ3v) is 6.76. The summed E-state index contributed by atoms with van der Waals surface area (Å²) in [5.74, 6) is 0.108. The predicted molar refractivity (Wildman–Crippen MR) is 105 cm³/mol. The van der Waals surface area contributed by atoms with Gasteiger partial charge in [-0.25, -0.2) is 0 Å². The molecule has 0 bridgehead atoms. The van der Waals surface area contributed by atoms with Crippen molar-refractivity contribution in [3.05, 3.63) is 34.5 Å². The molecule has 1 aromatic heterocycles. The lowest BCUT2D eigenvalue weighted by atomic mass is 10.0. The van der Waals surface area contributed by atoms with Gasteiger partial charge >= 0.3 is 0 Å². The number of aromatic nitrogens is 1. The van der Waals surface area contributed by atoms with Crippen LogP contribution in [0.5, 0.6) is 0 Å². The van der Waals surface area contributed by atoms with E-state index >= 15 is 0 Å². The van der Waals surface area contributed by atoms with Crippen molar-refractivity contribution in [2.75, 3.05) is 13.1 Å². The number of benzene rings is 1. The van der Waals surface area contributed by atoms with E-state index in [0.717, 1.165) is 30.2 Å². The van der Waals surface area contributed by atoms with E-state index in [1.165, 1.54) is 24.1 Å². The predicted octanol–water partition coefficient (Wildman–Crippen LogP) is 3.50. The fraction of sp³-hybridized carbons (Fsp3) is 0.524. The van der Waals surface area contributed by atoms with Crippen LogP contribution >= 0.6 is 11.6 Å². The van der Waals surface area contributed by atoms with E-state index < -0.39 is 0 Å². The highest BCUT2D eigenvalue weighted by Gasteiger charge is 2.40. The van der Waals surface area contributed by atoms with Crippen LogP contribution < -0.4 is 0 Å². The minimum atomic E-state index is -0.187. The smallest absolute Gasteiger partial charge is 0.228 e. The molecule has 1 aliphatic carbocycles. The van der Waals surface area contributed by atoms with Gasteiger partial charge in [-0.2, -0.15) is 0 Å². The SMILES string of the molecule is O=C([C@H]1CC(=O)N(C2CCCC2)C1)N1CCc2[nH]c3ccc(Cl)cc3c2C1.